The van der Waals surface area contributed by atoms with Crippen LogP contribution in [0, 0.1) is 5.82 Å². The fourth-order valence-electron chi connectivity index (χ4n) is 1.56. The molecule has 0 saturated carbocycles. The van der Waals surface area contributed by atoms with E-state index >= 15 is 0 Å². The molecule has 0 aliphatic rings. The second-order valence-corrected chi connectivity index (χ2v) is 3.73. The topological polar surface area (TPSA) is 52.0 Å². The van der Waals surface area contributed by atoms with Crippen molar-refractivity contribution in [3.63, 3.8) is 0 Å². The Hall–Kier alpha value is -1.55. The molecule has 0 amide bonds. The molecule has 1 heterocycles. The highest BCUT2D eigenvalue weighted by molar-refractivity contribution is 6.31. The lowest BCUT2D eigenvalue weighted by atomic mass is 10.0. The number of aryl methyl sites for hydroxylation is 1. The molecule has 1 aromatic heterocycles. The van der Waals surface area contributed by atoms with Crippen molar-refractivity contribution in [1.29, 1.82) is 0 Å². The van der Waals surface area contributed by atoms with E-state index in [0.717, 1.165) is 0 Å². The van der Waals surface area contributed by atoms with Gasteiger partial charge in [0.25, 0.3) is 0 Å². The van der Waals surface area contributed by atoms with Gasteiger partial charge >= 0.3 is 0 Å². The zero-order valence-corrected chi connectivity index (χ0v) is 9.38. The van der Waals surface area contributed by atoms with Crippen molar-refractivity contribution in [1.82, 2.24) is 5.16 Å². The van der Waals surface area contributed by atoms with Crippen LogP contribution in [0.4, 0.5) is 10.3 Å². The fourth-order valence-corrected chi connectivity index (χ4v) is 1.74. The predicted octanol–water partition coefficient (Wildman–Crippen LogP) is 3.28. The summed E-state index contributed by atoms with van der Waals surface area (Å²) in [4.78, 5) is 0. The summed E-state index contributed by atoms with van der Waals surface area (Å²) in [6.07, 6.45) is 0.613. The molecule has 0 aliphatic heterocycles. The Morgan fingerprint density at radius 1 is 1.50 bits per heavy atom. The first-order valence-electron chi connectivity index (χ1n) is 4.83. The zero-order chi connectivity index (χ0) is 11.7. The maximum absolute atomic E-state index is 13.8. The average Bonchev–Trinajstić information content (AvgIpc) is 2.64. The number of nitrogen functional groups attached to an aromatic ring is 1. The highest BCUT2D eigenvalue weighted by Gasteiger charge is 2.18. The van der Waals surface area contributed by atoms with Gasteiger partial charge in [0, 0.05) is 5.56 Å². The monoisotopic (exact) mass is 240 g/mol. The van der Waals surface area contributed by atoms with E-state index in [1.54, 1.807) is 12.1 Å². The molecule has 5 heteroatoms. The molecule has 0 aliphatic carbocycles. The van der Waals surface area contributed by atoms with Crippen LogP contribution < -0.4 is 5.73 Å². The number of nitrogens with zero attached hydrogens (tertiary/aromatic N) is 1. The Balaban J connectivity index is 2.67. The first kappa shape index (κ1) is 11.0. The van der Waals surface area contributed by atoms with Gasteiger partial charge in [0.1, 0.15) is 5.82 Å². The molecule has 0 bridgehead atoms. The van der Waals surface area contributed by atoms with E-state index < -0.39 is 5.82 Å². The van der Waals surface area contributed by atoms with Gasteiger partial charge in [-0.05, 0) is 12.5 Å². The highest BCUT2D eigenvalue weighted by Crippen LogP contribution is 2.34. The minimum absolute atomic E-state index is 0.0557. The summed E-state index contributed by atoms with van der Waals surface area (Å²) in [5.74, 6) is -0.396. The molecule has 1 aromatic carbocycles. The van der Waals surface area contributed by atoms with E-state index in [-0.39, 0.29) is 10.9 Å². The van der Waals surface area contributed by atoms with E-state index in [4.69, 9.17) is 21.9 Å². The van der Waals surface area contributed by atoms with Gasteiger partial charge in [-0.1, -0.05) is 35.8 Å². The zero-order valence-electron chi connectivity index (χ0n) is 8.63. The predicted molar refractivity (Wildman–Crippen MR) is 60.7 cm³/mol. The number of hydrogen-bond donors (Lipinski definition) is 1. The minimum atomic E-state index is -0.506. The molecule has 2 N–H and O–H groups in total. The summed E-state index contributed by atoms with van der Waals surface area (Å²) < 4.78 is 18.7. The van der Waals surface area contributed by atoms with Gasteiger partial charge in [-0.3, -0.25) is 0 Å². The van der Waals surface area contributed by atoms with E-state index in [9.17, 15) is 4.39 Å². The first-order valence-corrected chi connectivity index (χ1v) is 5.21. The van der Waals surface area contributed by atoms with E-state index in [2.05, 4.69) is 5.16 Å². The van der Waals surface area contributed by atoms with Crippen LogP contribution in [0.3, 0.4) is 0 Å². The van der Waals surface area contributed by atoms with Crippen molar-refractivity contribution < 1.29 is 8.91 Å². The molecule has 0 atom stereocenters. The number of rotatable bonds is 2. The lowest BCUT2D eigenvalue weighted by Crippen LogP contribution is -1.92. The Bertz CT molecular complexity index is 525. The summed E-state index contributed by atoms with van der Waals surface area (Å²) in [6.45, 7) is 1.89. The molecule has 3 nitrogen and oxygen atoms in total. The molecule has 84 valence electrons. The number of hydrogen-bond acceptors (Lipinski definition) is 3. The smallest absolute Gasteiger partial charge is 0.230 e. The summed E-state index contributed by atoms with van der Waals surface area (Å²) in [5.41, 5.74) is 7.06. The summed E-state index contributed by atoms with van der Waals surface area (Å²) in [7, 11) is 0. The standard InChI is InChI=1S/C11H10ClFN2O/c1-2-8-9(11(14)16-15-8)6-4-3-5-7(12)10(6)13/h3-5H,2,14H2,1H3. The molecule has 2 rings (SSSR count). The normalized spacial score (nSPS) is 10.7. The third kappa shape index (κ3) is 1.65. The molecule has 0 radical (unpaired) electrons. The SMILES string of the molecule is CCc1noc(N)c1-c1cccc(Cl)c1F. The van der Waals surface area contributed by atoms with Crippen LogP contribution in [-0.4, -0.2) is 5.16 Å². The number of nitrogens with two attached hydrogens (primary N) is 1. The van der Waals surface area contributed by atoms with Crippen molar-refractivity contribution in [3.8, 4) is 11.1 Å². The van der Waals surface area contributed by atoms with Crippen molar-refractivity contribution in [3.05, 3.63) is 34.7 Å². The van der Waals surface area contributed by atoms with Crippen LogP contribution >= 0.6 is 11.6 Å². The van der Waals surface area contributed by atoms with Crippen LogP contribution in [0.5, 0.6) is 0 Å². The van der Waals surface area contributed by atoms with Crippen LogP contribution in [0.25, 0.3) is 11.1 Å². The Labute approximate surface area is 97.0 Å². The third-order valence-electron chi connectivity index (χ3n) is 2.34. The van der Waals surface area contributed by atoms with Crippen LogP contribution in [0.1, 0.15) is 12.6 Å². The van der Waals surface area contributed by atoms with E-state index in [1.807, 2.05) is 6.92 Å². The Morgan fingerprint density at radius 2 is 2.25 bits per heavy atom. The number of anilines is 1. The van der Waals surface area contributed by atoms with Gasteiger partial charge in [-0.15, -0.1) is 0 Å². The van der Waals surface area contributed by atoms with E-state index in [0.29, 0.717) is 23.2 Å². The second kappa shape index (κ2) is 4.14. The van der Waals surface area contributed by atoms with Gasteiger partial charge in [0.15, 0.2) is 0 Å². The summed E-state index contributed by atoms with van der Waals surface area (Å²) in [6, 6.07) is 4.74. The molecule has 0 fully saturated rings. The van der Waals surface area contributed by atoms with Gasteiger partial charge in [0.2, 0.25) is 5.88 Å². The van der Waals surface area contributed by atoms with Crippen LogP contribution in [-0.2, 0) is 6.42 Å². The highest BCUT2D eigenvalue weighted by atomic mass is 35.5. The van der Waals surface area contributed by atoms with Crippen molar-refractivity contribution >= 4 is 17.5 Å². The average molecular weight is 241 g/mol. The van der Waals surface area contributed by atoms with Crippen LogP contribution in [0.15, 0.2) is 22.7 Å². The van der Waals surface area contributed by atoms with Crippen molar-refractivity contribution in [2.24, 2.45) is 0 Å². The maximum Gasteiger partial charge on any atom is 0.230 e. The molecule has 16 heavy (non-hydrogen) atoms. The lowest BCUT2D eigenvalue weighted by molar-refractivity contribution is 0.428. The quantitative estimate of drug-likeness (QED) is 0.876. The number of halogens is 2. The Kier molecular flexibility index (Phi) is 2.83. The van der Waals surface area contributed by atoms with Crippen molar-refractivity contribution in [2.75, 3.05) is 5.73 Å². The molecular formula is C11H10ClFN2O. The van der Waals surface area contributed by atoms with Gasteiger partial charge < -0.3 is 10.3 Å². The summed E-state index contributed by atoms with van der Waals surface area (Å²) >= 11 is 5.71. The molecule has 0 spiro atoms. The number of benzene rings is 1. The van der Waals surface area contributed by atoms with Crippen molar-refractivity contribution in [2.45, 2.75) is 13.3 Å². The second-order valence-electron chi connectivity index (χ2n) is 3.32. The molecule has 2 aromatic rings. The van der Waals surface area contributed by atoms with Gasteiger partial charge in [0.05, 0.1) is 16.3 Å². The molecule has 0 unspecified atom stereocenters. The largest absolute Gasteiger partial charge is 0.367 e. The summed E-state index contributed by atoms with van der Waals surface area (Å²) in [5, 5.41) is 3.83. The van der Waals surface area contributed by atoms with Gasteiger partial charge in [-0.2, -0.15) is 0 Å². The Morgan fingerprint density at radius 3 is 2.94 bits per heavy atom. The first-order chi connectivity index (χ1) is 7.65. The van der Waals surface area contributed by atoms with E-state index in [1.165, 1.54) is 6.07 Å². The van der Waals surface area contributed by atoms with Crippen LogP contribution in [0.2, 0.25) is 5.02 Å². The minimum Gasteiger partial charge on any atom is -0.367 e. The fraction of sp³-hybridized carbons (Fsp3) is 0.182. The molecular weight excluding hydrogens is 231 g/mol. The lowest BCUT2D eigenvalue weighted by Gasteiger charge is -2.03. The number of aromatic nitrogens is 1. The molecule has 0 saturated heterocycles. The van der Waals surface area contributed by atoms with Gasteiger partial charge in [-0.25, -0.2) is 4.39 Å². The maximum atomic E-state index is 13.8. The third-order valence-corrected chi connectivity index (χ3v) is 2.64.